The molecule has 1 aromatic carbocycles. The van der Waals surface area contributed by atoms with Gasteiger partial charge in [0.2, 0.25) is 0 Å². The van der Waals surface area contributed by atoms with Crippen LogP contribution in [0.4, 0.5) is 18.9 Å². The van der Waals surface area contributed by atoms with Gasteiger partial charge in [-0.05, 0) is 38.1 Å². The zero-order chi connectivity index (χ0) is 20.6. The van der Waals surface area contributed by atoms with Crippen LogP contribution in [0.3, 0.4) is 0 Å². The van der Waals surface area contributed by atoms with E-state index in [-0.39, 0.29) is 17.3 Å². The quantitative estimate of drug-likeness (QED) is 0.672. The lowest BCUT2D eigenvalue weighted by Gasteiger charge is -2.26. The van der Waals surface area contributed by atoms with Gasteiger partial charge in [0.1, 0.15) is 5.69 Å². The van der Waals surface area contributed by atoms with Gasteiger partial charge < -0.3 is 9.64 Å². The molecule has 3 aromatic rings. The first-order valence-electron chi connectivity index (χ1n) is 8.50. The molecule has 2 heterocycles. The number of aromatic amines is 1. The van der Waals surface area contributed by atoms with Gasteiger partial charge in [0.15, 0.2) is 0 Å². The number of nitrogens with one attached hydrogen (secondary N) is 1. The fourth-order valence-electron chi connectivity index (χ4n) is 2.84. The van der Waals surface area contributed by atoms with Crippen molar-refractivity contribution in [3.05, 3.63) is 41.7 Å². The second kappa shape index (κ2) is 7.14. The number of carbonyl (C=O) groups excluding carboxylic acids is 1. The average Bonchev–Trinajstić information content (AvgIpc) is 3.15. The molecule has 0 amide bonds. The SMILES string of the molecule is COC(=O)c1ccc2nc(-c3cn[nH]c3C(F)(F)F)c(N(C)C(C)C)cc2c1. The van der Waals surface area contributed by atoms with Crippen LogP contribution in [0.1, 0.15) is 29.9 Å². The van der Waals surface area contributed by atoms with Gasteiger partial charge in [0.05, 0.1) is 41.3 Å². The van der Waals surface area contributed by atoms with Crippen LogP contribution in [0.2, 0.25) is 0 Å². The summed E-state index contributed by atoms with van der Waals surface area (Å²) in [4.78, 5) is 18.1. The van der Waals surface area contributed by atoms with E-state index in [0.29, 0.717) is 22.2 Å². The van der Waals surface area contributed by atoms with E-state index < -0.39 is 17.8 Å². The molecule has 148 valence electrons. The predicted molar refractivity (Wildman–Crippen MR) is 99.2 cm³/mol. The predicted octanol–water partition coefficient (Wildman–Crippen LogP) is 4.27. The number of fused-ring (bicyclic) bond motifs is 1. The van der Waals surface area contributed by atoms with E-state index in [1.165, 1.54) is 13.2 Å². The fourth-order valence-corrected chi connectivity index (χ4v) is 2.84. The van der Waals surface area contributed by atoms with Crippen LogP contribution in [0.15, 0.2) is 30.5 Å². The van der Waals surface area contributed by atoms with Gasteiger partial charge in [-0.2, -0.15) is 18.3 Å². The monoisotopic (exact) mass is 392 g/mol. The number of hydrogen-bond donors (Lipinski definition) is 1. The Labute approximate surface area is 159 Å². The summed E-state index contributed by atoms with van der Waals surface area (Å²) in [6, 6.07) is 6.43. The van der Waals surface area contributed by atoms with Crippen LogP contribution in [0.5, 0.6) is 0 Å². The van der Waals surface area contributed by atoms with Gasteiger partial charge in [-0.25, -0.2) is 9.78 Å². The van der Waals surface area contributed by atoms with Gasteiger partial charge in [-0.3, -0.25) is 5.10 Å². The maximum atomic E-state index is 13.4. The molecule has 9 heteroatoms. The molecule has 0 radical (unpaired) electrons. The topological polar surface area (TPSA) is 71.1 Å². The number of halogens is 3. The molecule has 0 saturated heterocycles. The average molecular weight is 392 g/mol. The number of alkyl halides is 3. The molecule has 0 fully saturated rings. The van der Waals surface area contributed by atoms with Crippen molar-refractivity contribution in [2.24, 2.45) is 0 Å². The number of pyridine rings is 1. The van der Waals surface area contributed by atoms with E-state index in [9.17, 15) is 18.0 Å². The molecule has 0 atom stereocenters. The third kappa shape index (κ3) is 3.51. The minimum Gasteiger partial charge on any atom is -0.465 e. The van der Waals surface area contributed by atoms with Crippen molar-refractivity contribution < 1.29 is 22.7 Å². The van der Waals surface area contributed by atoms with Crippen LogP contribution in [0.25, 0.3) is 22.2 Å². The van der Waals surface area contributed by atoms with E-state index in [1.807, 2.05) is 23.8 Å². The van der Waals surface area contributed by atoms with Gasteiger partial charge in [-0.1, -0.05) is 0 Å². The van der Waals surface area contributed by atoms with Gasteiger partial charge in [0, 0.05) is 18.5 Å². The summed E-state index contributed by atoms with van der Waals surface area (Å²) in [5.74, 6) is -0.501. The molecule has 28 heavy (non-hydrogen) atoms. The minimum absolute atomic E-state index is 0.00280. The first kappa shape index (κ1) is 19.7. The Balaban J connectivity index is 2.28. The molecule has 3 rings (SSSR count). The molecule has 0 bridgehead atoms. The van der Waals surface area contributed by atoms with Crippen LogP contribution in [-0.2, 0) is 10.9 Å². The van der Waals surface area contributed by atoms with Crippen LogP contribution < -0.4 is 4.90 Å². The maximum Gasteiger partial charge on any atom is 0.433 e. The van der Waals surface area contributed by atoms with Crippen LogP contribution >= 0.6 is 0 Å². The largest absolute Gasteiger partial charge is 0.465 e. The van der Waals surface area contributed by atoms with Crippen molar-refractivity contribution in [1.82, 2.24) is 15.2 Å². The third-order valence-corrected chi connectivity index (χ3v) is 4.55. The number of esters is 1. The zero-order valence-corrected chi connectivity index (χ0v) is 15.8. The number of aromatic nitrogens is 3. The summed E-state index contributed by atoms with van der Waals surface area (Å²) in [5.41, 5.74) is 0.366. The highest BCUT2D eigenvalue weighted by Gasteiger charge is 2.37. The number of H-pyrrole nitrogens is 1. The van der Waals surface area contributed by atoms with Gasteiger partial charge >= 0.3 is 12.1 Å². The normalized spacial score (nSPS) is 11.9. The highest BCUT2D eigenvalue weighted by atomic mass is 19.4. The summed E-state index contributed by atoms with van der Waals surface area (Å²) >= 11 is 0. The standard InChI is InChI=1S/C19H19F3N4O2/c1-10(2)26(3)15-8-12-7-11(18(27)28-4)5-6-14(12)24-16(15)13-9-23-25-17(13)19(20,21)22/h5-10H,1-4H3,(H,23,25). The Hall–Kier alpha value is -3.10. The Kier molecular flexibility index (Phi) is 5.01. The molecule has 6 nitrogen and oxygen atoms in total. The summed E-state index contributed by atoms with van der Waals surface area (Å²) in [6.07, 6.45) is -3.47. The molecule has 0 aliphatic carbocycles. The molecule has 1 N–H and O–H groups in total. The Bertz CT molecular complexity index is 1030. The number of anilines is 1. The van der Waals surface area contributed by atoms with Crippen molar-refractivity contribution >= 4 is 22.6 Å². The van der Waals surface area contributed by atoms with E-state index in [0.717, 1.165) is 6.20 Å². The Morgan fingerprint density at radius 1 is 1.25 bits per heavy atom. The third-order valence-electron chi connectivity index (χ3n) is 4.55. The molecule has 0 spiro atoms. The number of hydrogen-bond acceptors (Lipinski definition) is 5. The maximum absolute atomic E-state index is 13.4. The van der Waals surface area contributed by atoms with Crippen molar-refractivity contribution in [3.63, 3.8) is 0 Å². The first-order valence-corrected chi connectivity index (χ1v) is 8.50. The minimum atomic E-state index is -4.59. The smallest absolute Gasteiger partial charge is 0.433 e. The highest BCUT2D eigenvalue weighted by molar-refractivity contribution is 5.97. The van der Waals surface area contributed by atoms with Crippen molar-refractivity contribution in [2.45, 2.75) is 26.1 Å². The molecule has 0 aliphatic heterocycles. The van der Waals surface area contributed by atoms with Gasteiger partial charge in [-0.15, -0.1) is 0 Å². The number of benzene rings is 1. The van der Waals surface area contributed by atoms with Crippen LogP contribution in [-0.4, -0.2) is 41.3 Å². The van der Waals surface area contributed by atoms with Crippen molar-refractivity contribution in [2.75, 3.05) is 19.1 Å². The molecular weight excluding hydrogens is 373 g/mol. The molecule has 2 aromatic heterocycles. The van der Waals surface area contributed by atoms with Crippen LogP contribution in [0, 0.1) is 0 Å². The number of nitrogens with zero attached hydrogens (tertiary/aromatic N) is 3. The molecule has 0 aliphatic rings. The van der Waals surface area contributed by atoms with E-state index in [1.54, 1.807) is 25.2 Å². The van der Waals surface area contributed by atoms with Crippen molar-refractivity contribution in [3.8, 4) is 11.3 Å². The zero-order valence-electron chi connectivity index (χ0n) is 15.8. The summed E-state index contributed by atoms with van der Waals surface area (Å²) in [5, 5.41) is 6.22. The van der Waals surface area contributed by atoms with Gasteiger partial charge in [0.25, 0.3) is 0 Å². The Morgan fingerprint density at radius 3 is 2.57 bits per heavy atom. The number of ether oxygens (including phenoxy) is 1. The Morgan fingerprint density at radius 2 is 1.96 bits per heavy atom. The molecule has 0 unspecified atom stereocenters. The first-order chi connectivity index (χ1) is 13.1. The lowest BCUT2D eigenvalue weighted by atomic mass is 10.0. The molecular formula is C19H19F3N4O2. The number of methoxy groups -OCH3 is 1. The second-order valence-electron chi connectivity index (χ2n) is 6.62. The fraction of sp³-hybridized carbons (Fsp3) is 0.316. The second-order valence-corrected chi connectivity index (χ2v) is 6.62. The summed E-state index contributed by atoms with van der Waals surface area (Å²) in [6.45, 7) is 3.83. The molecule has 0 saturated carbocycles. The van der Waals surface area contributed by atoms with E-state index >= 15 is 0 Å². The van der Waals surface area contributed by atoms with Crippen molar-refractivity contribution in [1.29, 1.82) is 0 Å². The number of rotatable bonds is 4. The lowest BCUT2D eigenvalue weighted by Crippen LogP contribution is -2.26. The van der Waals surface area contributed by atoms with E-state index in [2.05, 4.69) is 10.1 Å². The van der Waals surface area contributed by atoms with E-state index in [4.69, 9.17) is 4.74 Å². The highest BCUT2D eigenvalue weighted by Crippen LogP contribution is 2.39. The summed E-state index contributed by atoms with van der Waals surface area (Å²) in [7, 11) is 3.05. The summed E-state index contributed by atoms with van der Waals surface area (Å²) < 4.78 is 44.9. The lowest BCUT2D eigenvalue weighted by molar-refractivity contribution is -0.140. The number of carbonyl (C=O) groups is 1.